The molecule has 1 aliphatic heterocycles. The summed E-state index contributed by atoms with van der Waals surface area (Å²) in [7, 11) is 1.30. The lowest BCUT2D eigenvalue weighted by molar-refractivity contribution is -0.143. The Labute approximate surface area is 82.4 Å². The number of rotatable bonds is 3. The van der Waals surface area contributed by atoms with E-state index < -0.39 is 12.0 Å². The van der Waals surface area contributed by atoms with Crippen molar-refractivity contribution in [3.63, 3.8) is 0 Å². The Balaban J connectivity index is 2.35. The number of esters is 1. The Morgan fingerprint density at radius 1 is 1.79 bits per heavy atom. The molecule has 0 saturated carbocycles. The topological polar surface area (TPSA) is 84.7 Å². The first-order valence-corrected chi connectivity index (χ1v) is 4.46. The van der Waals surface area contributed by atoms with Crippen LogP contribution in [0.25, 0.3) is 0 Å². The molecule has 3 N–H and O–H groups in total. The minimum absolute atomic E-state index is 0.0340. The Hall–Kier alpha value is -1.14. The number of carbonyl (C=O) groups excluding carboxylic acids is 2. The van der Waals surface area contributed by atoms with E-state index >= 15 is 0 Å². The van der Waals surface area contributed by atoms with Crippen LogP contribution in [0, 0.1) is 0 Å². The van der Waals surface area contributed by atoms with Gasteiger partial charge in [-0.3, -0.25) is 14.5 Å². The number of amides is 1. The number of ether oxygens (including phenoxy) is 1. The van der Waals surface area contributed by atoms with Crippen LogP contribution in [0.15, 0.2) is 0 Å². The van der Waals surface area contributed by atoms with Crippen molar-refractivity contribution in [1.82, 2.24) is 10.2 Å². The molecule has 14 heavy (non-hydrogen) atoms. The van der Waals surface area contributed by atoms with E-state index in [4.69, 9.17) is 5.73 Å². The second kappa shape index (κ2) is 4.92. The zero-order valence-corrected chi connectivity index (χ0v) is 8.16. The molecule has 0 aromatic rings. The molecule has 6 nitrogen and oxygen atoms in total. The van der Waals surface area contributed by atoms with Gasteiger partial charge < -0.3 is 15.8 Å². The van der Waals surface area contributed by atoms with E-state index in [1.807, 2.05) is 4.90 Å². The fourth-order valence-corrected chi connectivity index (χ4v) is 1.35. The van der Waals surface area contributed by atoms with E-state index in [1.165, 1.54) is 7.11 Å². The Morgan fingerprint density at radius 3 is 3.07 bits per heavy atom. The number of nitrogens with two attached hydrogens (primary N) is 1. The third-order valence-corrected chi connectivity index (χ3v) is 2.08. The van der Waals surface area contributed by atoms with E-state index in [-0.39, 0.29) is 5.91 Å². The number of nitrogens with zero attached hydrogens (tertiary/aromatic N) is 1. The van der Waals surface area contributed by atoms with Crippen LogP contribution in [0.3, 0.4) is 0 Å². The molecule has 1 rings (SSSR count). The summed E-state index contributed by atoms with van der Waals surface area (Å²) in [5.41, 5.74) is 5.56. The quantitative estimate of drug-likeness (QED) is 0.512. The summed E-state index contributed by atoms with van der Waals surface area (Å²) in [6.45, 7) is 1.98. The smallest absolute Gasteiger partial charge is 0.323 e. The van der Waals surface area contributed by atoms with Crippen molar-refractivity contribution in [2.45, 2.75) is 6.04 Å². The van der Waals surface area contributed by atoms with Gasteiger partial charge >= 0.3 is 5.97 Å². The summed E-state index contributed by atoms with van der Waals surface area (Å²) in [5.74, 6) is -0.482. The molecular formula is C8H15N3O3. The minimum Gasteiger partial charge on any atom is -0.468 e. The van der Waals surface area contributed by atoms with Crippen molar-refractivity contribution < 1.29 is 14.3 Å². The van der Waals surface area contributed by atoms with Crippen LogP contribution in [0.2, 0.25) is 0 Å². The summed E-state index contributed by atoms with van der Waals surface area (Å²) in [6.07, 6.45) is 0. The molecule has 0 radical (unpaired) electrons. The Kier molecular flexibility index (Phi) is 3.84. The highest BCUT2D eigenvalue weighted by atomic mass is 16.5. The summed E-state index contributed by atoms with van der Waals surface area (Å²) in [4.78, 5) is 23.8. The van der Waals surface area contributed by atoms with Gasteiger partial charge in [0.05, 0.1) is 13.7 Å². The number of hydrogen-bond donors (Lipinski definition) is 2. The number of methoxy groups -OCH3 is 1. The second-order valence-corrected chi connectivity index (χ2v) is 3.21. The molecule has 1 amide bonds. The van der Waals surface area contributed by atoms with Crippen LogP contribution in [0.5, 0.6) is 0 Å². The third kappa shape index (κ3) is 2.97. The maximum Gasteiger partial charge on any atom is 0.323 e. The fourth-order valence-electron chi connectivity index (χ4n) is 1.35. The monoisotopic (exact) mass is 201 g/mol. The number of hydrogen-bond acceptors (Lipinski definition) is 5. The van der Waals surface area contributed by atoms with Gasteiger partial charge in [0.25, 0.3) is 0 Å². The van der Waals surface area contributed by atoms with Crippen molar-refractivity contribution in [3.05, 3.63) is 0 Å². The first kappa shape index (κ1) is 10.9. The molecule has 1 saturated heterocycles. The Morgan fingerprint density at radius 2 is 2.50 bits per heavy atom. The van der Waals surface area contributed by atoms with Gasteiger partial charge in [0.15, 0.2) is 0 Å². The van der Waals surface area contributed by atoms with Gasteiger partial charge in [-0.15, -0.1) is 0 Å². The first-order valence-electron chi connectivity index (χ1n) is 4.46. The highest BCUT2D eigenvalue weighted by Crippen LogP contribution is 1.95. The number of piperazine rings is 1. The van der Waals surface area contributed by atoms with Gasteiger partial charge in [-0.25, -0.2) is 0 Å². The summed E-state index contributed by atoms with van der Waals surface area (Å²) >= 11 is 0. The molecule has 0 aromatic heterocycles. The molecule has 80 valence electrons. The van der Waals surface area contributed by atoms with Crippen molar-refractivity contribution in [3.8, 4) is 0 Å². The molecule has 1 unspecified atom stereocenters. The largest absolute Gasteiger partial charge is 0.468 e. The molecule has 0 bridgehead atoms. The summed E-state index contributed by atoms with van der Waals surface area (Å²) in [6, 6.07) is -0.675. The Bertz CT molecular complexity index is 232. The predicted molar refractivity (Wildman–Crippen MR) is 49.4 cm³/mol. The van der Waals surface area contributed by atoms with Gasteiger partial charge in [0.1, 0.15) is 6.04 Å². The van der Waals surface area contributed by atoms with Crippen LogP contribution in [-0.2, 0) is 14.3 Å². The molecule has 1 heterocycles. The normalized spacial score (nSPS) is 20.0. The van der Waals surface area contributed by atoms with Crippen molar-refractivity contribution in [1.29, 1.82) is 0 Å². The van der Waals surface area contributed by atoms with Crippen molar-refractivity contribution in [2.24, 2.45) is 5.73 Å². The molecule has 0 aromatic carbocycles. The molecule has 1 fully saturated rings. The molecular weight excluding hydrogens is 186 g/mol. The maximum atomic E-state index is 11.0. The summed E-state index contributed by atoms with van der Waals surface area (Å²) < 4.78 is 4.49. The standard InChI is InChI=1S/C8H15N3O3/c1-14-8(13)6(9)4-11-3-2-10-7(12)5-11/h6H,2-5,9H2,1H3,(H,10,12). The van der Waals surface area contributed by atoms with E-state index in [1.54, 1.807) is 0 Å². The second-order valence-electron chi connectivity index (χ2n) is 3.21. The van der Waals surface area contributed by atoms with Crippen molar-refractivity contribution >= 4 is 11.9 Å². The molecule has 1 atom stereocenters. The van der Waals surface area contributed by atoms with E-state index in [9.17, 15) is 9.59 Å². The van der Waals surface area contributed by atoms with Gasteiger partial charge in [0.2, 0.25) is 5.91 Å². The SMILES string of the molecule is COC(=O)C(N)CN1CCNC(=O)C1. The highest BCUT2D eigenvalue weighted by molar-refractivity contribution is 5.79. The minimum atomic E-state index is -0.675. The zero-order valence-electron chi connectivity index (χ0n) is 8.16. The van der Waals surface area contributed by atoms with Gasteiger partial charge in [-0.05, 0) is 0 Å². The zero-order chi connectivity index (χ0) is 10.6. The molecule has 0 spiro atoms. The number of nitrogens with one attached hydrogen (secondary N) is 1. The number of carbonyl (C=O) groups is 2. The van der Waals surface area contributed by atoms with Gasteiger partial charge in [0, 0.05) is 19.6 Å². The summed E-state index contributed by atoms with van der Waals surface area (Å²) in [5, 5.41) is 2.69. The molecule has 6 heteroatoms. The predicted octanol–water partition coefficient (Wildman–Crippen LogP) is -2.08. The lowest BCUT2D eigenvalue weighted by atomic mass is 10.2. The van der Waals surface area contributed by atoms with Crippen LogP contribution >= 0.6 is 0 Å². The first-order chi connectivity index (χ1) is 6.63. The molecule has 1 aliphatic rings. The van der Waals surface area contributed by atoms with Crippen LogP contribution in [-0.4, -0.2) is 56.1 Å². The van der Waals surface area contributed by atoms with E-state index in [0.29, 0.717) is 19.6 Å². The lowest BCUT2D eigenvalue weighted by Crippen LogP contribution is -2.52. The van der Waals surface area contributed by atoms with E-state index in [0.717, 1.165) is 6.54 Å². The van der Waals surface area contributed by atoms with Gasteiger partial charge in [-0.1, -0.05) is 0 Å². The average molecular weight is 201 g/mol. The van der Waals surface area contributed by atoms with Crippen molar-refractivity contribution in [2.75, 3.05) is 33.3 Å². The van der Waals surface area contributed by atoms with E-state index in [2.05, 4.69) is 10.1 Å². The van der Waals surface area contributed by atoms with Crippen LogP contribution < -0.4 is 11.1 Å². The fraction of sp³-hybridized carbons (Fsp3) is 0.750. The van der Waals surface area contributed by atoms with Crippen LogP contribution in [0.1, 0.15) is 0 Å². The molecule has 0 aliphatic carbocycles. The third-order valence-electron chi connectivity index (χ3n) is 2.08. The lowest BCUT2D eigenvalue weighted by Gasteiger charge is -2.27. The maximum absolute atomic E-state index is 11.0. The highest BCUT2D eigenvalue weighted by Gasteiger charge is 2.22. The average Bonchev–Trinajstić information content (AvgIpc) is 2.16. The van der Waals surface area contributed by atoms with Crippen LogP contribution in [0.4, 0.5) is 0 Å². The van der Waals surface area contributed by atoms with Gasteiger partial charge in [-0.2, -0.15) is 0 Å².